The van der Waals surface area contributed by atoms with E-state index in [1.165, 1.54) is 16.7 Å². The lowest BCUT2D eigenvalue weighted by atomic mass is 9.99. The summed E-state index contributed by atoms with van der Waals surface area (Å²) in [6.45, 7) is 10.6. The van der Waals surface area contributed by atoms with Gasteiger partial charge in [-0.15, -0.1) is 0 Å². The van der Waals surface area contributed by atoms with Gasteiger partial charge in [0.1, 0.15) is 18.1 Å². The van der Waals surface area contributed by atoms with E-state index in [1.807, 2.05) is 37.3 Å². The van der Waals surface area contributed by atoms with Gasteiger partial charge in [-0.05, 0) is 72.7 Å². The Morgan fingerprint density at radius 3 is 2.03 bits per heavy atom. The molecule has 3 aromatic rings. The van der Waals surface area contributed by atoms with E-state index in [0.29, 0.717) is 31.3 Å². The molecule has 0 aliphatic carbocycles. The van der Waals surface area contributed by atoms with Gasteiger partial charge in [0, 0.05) is 0 Å². The minimum atomic E-state index is -1.01. The molecule has 0 N–H and O–H groups in total. The van der Waals surface area contributed by atoms with E-state index in [0.717, 1.165) is 11.3 Å². The Balaban J connectivity index is 1.64. The maximum absolute atomic E-state index is 12.3. The molecule has 0 spiro atoms. The molecule has 0 bridgehead atoms. The molecule has 3 rings (SSSR count). The van der Waals surface area contributed by atoms with Gasteiger partial charge >= 0.3 is 5.97 Å². The van der Waals surface area contributed by atoms with Crippen LogP contribution in [0.25, 0.3) is 17.2 Å². The smallest absolute Gasteiger partial charge is 0.350 e. The highest BCUT2D eigenvalue weighted by Crippen LogP contribution is 2.26. The van der Waals surface area contributed by atoms with Crippen molar-refractivity contribution in [2.75, 3.05) is 13.2 Å². The SMILES string of the molecule is CCOC(=O)C(C)(CC)Oc1ccc(OC/C(=C\c2ccc(-c3ccccc3)cc2)C(C)C)cc1. The van der Waals surface area contributed by atoms with Gasteiger partial charge in [0.15, 0.2) is 0 Å². The lowest BCUT2D eigenvalue weighted by molar-refractivity contribution is -0.160. The second-order valence-electron chi connectivity index (χ2n) is 9.03. The summed E-state index contributed by atoms with van der Waals surface area (Å²) >= 11 is 0. The number of hydrogen-bond acceptors (Lipinski definition) is 4. The van der Waals surface area contributed by atoms with Crippen molar-refractivity contribution >= 4 is 12.0 Å². The van der Waals surface area contributed by atoms with E-state index in [2.05, 4.69) is 68.5 Å². The van der Waals surface area contributed by atoms with Gasteiger partial charge in [-0.25, -0.2) is 4.79 Å². The molecule has 0 saturated heterocycles. The average Bonchev–Trinajstić information content (AvgIpc) is 2.88. The zero-order valence-electron chi connectivity index (χ0n) is 21.4. The first-order valence-corrected chi connectivity index (χ1v) is 12.3. The predicted octanol–water partition coefficient (Wildman–Crippen LogP) is 7.58. The molecule has 0 saturated carbocycles. The summed E-state index contributed by atoms with van der Waals surface area (Å²) in [7, 11) is 0. The molecule has 0 fully saturated rings. The third-order valence-corrected chi connectivity index (χ3v) is 6.07. The topological polar surface area (TPSA) is 44.8 Å². The third-order valence-electron chi connectivity index (χ3n) is 6.07. The van der Waals surface area contributed by atoms with Crippen molar-refractivity contribution in [1.82, 2.24) is 0 Å². The summed E-state index contributed by atoms with van der Waals surface area (Å²) in [5.74, 6) is 1.35. The van der Waals surface area contributed by atoms with Crippen LogP contribution in [0.15, 0.2) is 84.4 Å². The first kappa shape index (κ1) is 26.1. The van der Waals surface area contributed by atoms with E-state index < -0.39 is 5.60 Å². The quantitative estimate of drug-likeness (QED) is 0.270. The number of carbonyl (C=O) groups excluding carboxylic acids is 1. The first-order chi connectivity index (χ1) is 16.8. The normalized spacial score (nSPS) is 13.3. The van der Waals surface area contributed by atoms with Crippen molar-refractivity contribution in [3.8, 4) is 22.6 Å². The van der Waals surface area contributed by atoms with Crippen LogP contribution < -0.4 is 9.47 Å². The molecule has 0 heterocycles. The molecule has 184 valence electrons. The molecule has 4 heteroatoms. The van der Waals surface area contributed by atoms with Crippen molar-refractivity contribution in [2.45, 2.75) is 46.6 Å². The standard InChI is InChI=1S/C31H36O4/c1-6-31(5,30(32)33-7-2)35-29-19-17-28(18-20-29)34-22-27(23(3)4)21-24-13-15-26(16-14-24)25-11-9-8-10-12-25/h8-21,23H,6-7,22H2,1-5H3/b27-21+. The van der Waals surface area contributed by atoms with Crippen molar-refractivity contribution in [1.29, 1.82) is 0 Å². The van der Waals surface area contributed by atoms with Crippen molar-refractivity contribution < 1.29 is 19.0 Å². The van der Waals surface area contributed by atoms with Gasteiger partial charge in [-0.1, -0.05) is 81.4 Å². The molecule has 0 radical (unpaired) electrons. The fourth-order valence-corrected chi connectivity index (χ4v) is 3.56. The molecule has 0 aromatic heterocycles. The van der Waals surface area contributed by atoms with Gasteiger partial charge in [-0.2, -0.15) is 0 Å². The van der Waals surface area contributed by atoms with Gasteiger partial charge in [0.2, 0.25) is 5.60 Å². The summed E-state index contributed by atoms with van der Waals surface area (Å²) in [6.07, 6.45) is 2.71. The molecule has 4 nitrogen and oxygen atoms in total. The second kappa shape index (κ2) is 12.3. The van der Waals surface area contributed by atoms with Crippen LogP contribution in [0.1, 0.15) is 46.6 Å². The number of rotatable bonds is 11. The summed E-state index contributed by atoms with van der Waals surface area (Å²) < 4.78 is 17.2. The summed E-state index contributed by atoms with van der Waals surface area (Å²) in [6, 6.07) is 26.3. The fraction of sp³-hybridized carbons (Fsp3) is 0.323. The molecular formula is C31H36O4. The number of ether oxygens (including phenoxy) is 3. The van der Waals surface area contributed by atoms with Crippen LogP contribution in [0.3, 0.4) is 0 Å². The zero-order valence-corrected chi connectivity index (χ0v) is 21.4. The van der Waals surface area contributed by atoms with Crippen LogP contribution >= 0.6 is 0 Å². The lowest BCUT2D eigenvalue weighted by Gasteiger charge is -2.27. The summed E-state index contributed by atoms with van der Waals surface area (Å²) in [4.78, 5) is 12.3. The highest BCUT2D eigenvalue weighted by Gasteiger charge is 2.35. The number of hydrogen-bond donors (Lipinski definition) is 0. The Morgan fingerprint density at radius 2 is 1.46 bits per heavy atom. The third kappa shape index (κ3) is 7.22. The highest BCUT2D eigenvalue weighted by atomic mass is 16.6. The highest BCUT2D eigenvalue weighted by molar-refractivity contribution is 5.79. The van der Waals surface area contributed by atoms with E-state index in [1.54, 1.807) is 13.8 Å². The van der Waals surface area contributed by atoms with Gasteiger partial charge in [-0.3, -0.25) is 0 Å². The largest absolute Gasteiger partial charge is 0.489 e. The molecule has 0 aliphatic rings. The van der Waals surface area contributed by atoms with E-state index >= 15 is 0 Å². The Bertz CT molecular complexity index is 1100. The number of carbonyl (C=O) groups is 1. The van der Waals surface area contributed by atoms with Crippen molar-refractivity contribution in [3.63, 3.8) is 0 Å². The Hall–Kier alpha value is -3.53. The number of esters is 1. The Kier molecular flexibility index (Phi) is 9.13. The molecular weight excluding hydrogens is 436 g/mol. The Labute approximate surface area is 209 Å². The predicted molar refractivity (Wildman–Crippen MR) is 143 cm³/mol. The molecule has 1 atom stereocenters. The van der Waals surface area contributed by atoms with E-state index in [-0.39, 0.29) is 5.97 Å². The van der Waals surface area contributed by atoms with Crippen LogP contribution in [0, 0.1) is 5.92 Å². The van der Waals surface area contributed by atoms with Gasteiger partial charge in [0.25, 0.3) is 0 Å². The molecule has 1 unspecified atom stereocenters. The minimum absolute atomic E-state index is 0.327. The van der Waals surface area contributed by atoms with E-state index in [9.17, 15) is 4.79 Å². The van der Waals surface area contributed by atoms with Gasteiger partial charge < -0.3 is 14.2 Å². The summed E-state index contributed by atoms with van der Waals surface area (Å²) in [5, 5.41) is 0. The maximum atomic E-state index is 12.3. The molecule has 35 heavy (non-hydrogen) atoms. The van der Waals surface area contributed by atoms with Crippen molar-refractivity contribution in [2.24, 2.45) is 5.92 Å². The molecule has 0 amide bonds. The van der Waals surface area contributed by atoms with Crippen LogP contribution in [0.2, 0.25) is 0 Å². The van der Waals surface area contributed by atoms with Gasteiger partial charge in [0.05, 0.1) is 6.61 Å². The van der Waals surface area contributed by atoms with Crippen LogP contribution in [0.4, 0.5) is 0 Å². The minimum Gasteiger partial charge on any atom is -0.489 e. The fourth-order valence-electron chi connectivity index (χ4n) is 3.56. The van der Waals surface area contributed by atoms with Crippen LogP contribution in [-0.2, 0) is 9.53 Å². The molecule has 0 aliphatic heterocycles. The number of benzene rings is 3. The van der Waals surface area contributed by atoms with Crippen LogP contribution in [0.5, 0.6) is 11.5 Å². The first-order valence-electron chi connectivity index (χ1n) is 12.3. The van der Waals surface area contributed by atoms with Crippen molar-refractivity contribution in [3.05, 3.63) is 90.0 Å². The Morgan fingerprint density at radius 1 is 0.857 bits per heavy atom. The maximum Gasteiger partial charge on any atom is 0.350 e. The monoisotopic (exact) mass is 472 g/mol. The summed E-state index contributed by atoms with van der Waals surface area (Å²) in [5.41, 5.74) is 3.76. The lowest BCUT2D eigenvalue weighted by Crippen LogP contribution is -2.42. The van der Waals surface area contributed by atoms with Crippen LogP contribution in [-0.4, -0.2) is 24.8 Å². The average molecular weight is 473 g/mol. The van der Waals surface area contributed by atoms with E-state index in [4.69, 9.17) is 14.2 Å². The molecule has 3 aromatic carbocycles. The zero-order chi connectivity index (χ0) is 25.3. The second-order valence-corrected chi connectivity index (χ2v) is 9.03.